The van der Waals surface area contributed by atoms with E-state index in [4.69, 9.17) is 25.8 Å². The van der Waals surface area contributed by atoms with E-state index in [2.05, 4.69) is 181 Å². The van der Waals surface area contributed by atoms with E-state index >= 15 is 0 Å². The van der Waals surface area contributed by atoms with Crippen molar-refractivity contribution in [1.82, 2.24) is 19.7 Å². The van der Waals surface area contributed by atoms with Crippen molar-refractivity contribution in [2.45, 2.75) is 196 Å². The number of anilines is 10. The van der Waals surface area contributed by atoms with E-state index in [1.165, 1.54) is 38.9 Å². The first-order chi connectivity index (χ1) is 68.9. The number of aromatic nitrogens is 3. The Morgan fingerprint density at radius 1 is 0.462 bits per heavy atom. The maximum Gasteiger partial charge on any atom is 0.257 e. The number of nitrogens with one attached hydrogen (secondary N) is 11. The number of ether oxygens (including phenoxy) is 3. The van der Waals surface area contributed by atoms with Gasteiger partial charge in [-0.3, -0.25) is 38.4 Å². The zero-order chi connectivity index (χ0) is 101. The molecule has 0 saturated carbocycles. The third-order valence-corrected chi connectivity index (χ3v) is 25.9. The van der Waals surface area contributed by atoms with Crippen molar-refractivity contribution in [3.05, 3.63) is 311 Å². The highest BCUT2D eigenvalue weighted by Crippen LogP contribution is 2.45. The molecule has 1 fully saturated rings. The molecular formula is C117H123ClN14O11. The monoisotopic (exact) mass is 1930 g/mol. The second kappa shape index (κ2) is 45.3. The predicted octanol–water partition coefficient (Wildman–Crippen LogP) is 23.8. The first kappa shape index (κ1) is 100. The highest BCUT2D eigenvalue weighted by Gasteiger charge is 2.31. The van der Waals surface area contributed by atoms with Crippen molar-refractivity contribution in [3.8, 4) is 73.0 Å². The molecule has 6 atom stereocenters. The molecule has 11 N–H and O–H groups in total. The number of fused-ring (bicyclic) bond motifs is 7. The number of nitrogens with zero attached hydrogens (tertiary/aromatic N) is 3. The summed E-state index contributed by atoms with van der Waals surface area (Å²) in [7, 11) is 0. The van der Waals surface area contributed by atoms with E-state index in [0.29, 0.717) is 116 Å². The molecule has 1 saturated heterocycles. The zero-order valence-electron chi connectivity index (χ0n) is 82.9. The minimum absolute atomic E-state index is 0.0277. The van der Waals surface area contributed by atoms with Gasteiger partial charge in [-0.05, 0) is 214 Å². The summed E-state index contributed by atoms with van der Waals surface area (Å²) in [6, 6.07) is 84.0. The molecule has 0 spiro atoms. The predicted molar refractivity (Wildman–Crippen MR) is 575 cm³/mol. The van der Waals surface area contributed by atoms with Crippen LogP contribution >= 0.6 is 11.6 Å². The van der Waals surface area contributed by atoms with Crippen LogP contribution < -0.4 is 68.0 Å². The summed E-state index contributed by atoms with van der Waals surface area (Å²) in [5.41, 5.74) is 29.2. The van der Waals surface area contributed by atoms with Gasteiger partial charge < -0.3 is 77.3 Å². The lowest BCUT2D eigenvalue weighted by atomic mass is 9.96. The average molecular weight is 1940 g/mol. The third kappa shape index (κ3) is 24.7. The first-order valence-electron chi connectivity index (χ1n) is 49.0. The fourth-order valence-electron chi connectivity index (χ4n) is 19.0. The summed E-state index contributed by atoms with van der Waals surface area (Å²) >= 11 is 6.11. The van der Waals surface area contributed by atoms with Gasteiger partial charge in [0.15, 0.2) is 5.75 Å². The lowest BCUT2D eigenvalue weighted by Crippen LogP contribution is -2.38. The molecular weight excluding hydrogens is 1810 g/mol. The smallest absolute Gasteiger partial charge is 0.257 e. The quantitative estimate of drug-likeness (QED) is 0.0511. The van der Waals surface area contributed by atoms with Gasteiger partial charge in [0.05, 0.1) is 82.6 Å². The highest BCUT2D eigenvalue weighted by molar-refractivity contribution is 6.31. The molecule has 7 aliphatic heterocycles. The fourth-order valence-corrected chi connectivity index (χ4v) is 19.1. The summed E-state index contributed by atoms with van der Waals surface area (Å²) < 4.78 is 21.2. The number of aryl methyl sites for hydroxylation is 4. The Morgan fingerprint density at radius 3 is 1.57 bits per heavy atom. The Kier molecular flexibility index (Phi) is 31.8. The Balaban J connectivity index is 0.000000123. The van der Waals surface area contributed by atoms with Gasteiger partial charge in [-0.25, -0.2) is 4.68 Å². The van der Waals surface area contributed by atoms with Crippen LogP contribution in [-0.2, 0) is 52.9 Å². The topological polar surface area (TPSA) is 319 Å². The molecule has 2 aromatic heterocycles. The van der Waals surface area contributed by atoms with Crippen LogP contribution in [0.2, 0.25) is 5.02 Å². The molecule has 25 nitrogen and oxygen atoms in total. The minimum Gasteiger partial charge on any atom is -0.487 e. The van der Waals surface area contributed by atoms with Crippen molar-refractivity contribution in [2.24, 2.45) is 0 Å². The molecule has 0 bridgehead atoms. The number of ketones is 2. The summed E-state index contributed by atoms with van der Waals surface area (Å²) in [5, 5.41) is 41.3. The van der Waals surface area contributed by atoms with Crippen molar-refractivity contribution in [1.29, 1.82) is 0 Å². The van der Waals surface area contributed by atoms with Crippen LogP contribution in [0, 0.1) is 27.7 Å². The van der Waals surface area contributed by atoms with Gasteiger partial charge in [0, 0.05) is 171 Å². The number of rotatable bonds is 13. The largest absolute Gasteiger partial charge is 0.487 e. The molecule has 7 aliphatic rings. The Bertz CT molecular complexity index is 7110. The molecule has 734 valence electrons. The second-order valence-corrected chi connectivity index (χ2v) is 38.5. The van der Waals surface area contributed by atoms with E-state index in [-0.39, 0.29) is 89.7 Å². The number of halogens is 1. The molecule has 0 unspecified atom stereocenters. The van der Waals surface area contributed by atoms with Crippen LogP contribution in [0.1, 0.15) is 155 Å². The molecule has 6 amide bonds. The van der Waals surface area contributed by atoms with Gasteiger partial charge in [0.2, 0.25) is 23.6 Å². The van der Waals surface area contributed by atoms with Crippen molar-refractivity contribution >= 4 is 126 Å². The number of hydrogen-bond acceptors (Lipinski definition) is 17. The number of Topliss-reactive ketones (excluding diaryl/α,β-unsaturated/α-hetero) is 2. The van der Waals surface area contributed by atoms with Crippen molar-refractivity contribution < 1.29 is 52.6 Å². The Labute approximate surface area is 839 Å². The highest BCUT2D eigenvalue weighted by atomic mass is 35.5. The van der Waals surface area contributed by atoms with E-state index < -0.39 is 0 Å². The molecule has 21 rings (SSSR count). The molecule has 9 heterocycles. The number of carbonyl (C=O) groups excluding carboxylic acids is 8. The van der Waals surface area contributed by atoms with Gasteiger partial charge in [-0.2, -0.15) is 5.10 Å². The number of hydrogen-bond donors (Lipinski definition) is 11. The first-order valence-corrected chi connectivity index (χ1v) is 49.4. The Morgan fingerprint density at radius 2 is 0.965 bits per heavy atom. The third-order valence-electron chi connectivity index (χ3n) is 25.5. The summed E-state index contributed by atoms with van der Waals surface area (Å²) in [4.78, 5) is 96.9. The number of benzene rings is 12. The maximum atomic E-state index is 12.9. The van der Waals surface area contributed by atoms with E-state index in [1.807, 2.05) is 219 Å². The maximum absolute atomic E-state index is 12.9. The van der Waals surface area contributed by atoms with Gasteiger partial charge in [-0.1, -0.05) is 180 Å². The van der Waals surface area contributed by atoms with Crippen LogP contribution in [-0.4, -0.2) is 123 Å². The van der Waals surface area contributed by atoms with E-state index in [9.17, 15) is 38.4 Å². The van der Waals surface area contributed by atoms with Crippen LogP contribution in [0.5, 0.6) is 11.5 Å². The molecule has 26 heteroatoms. The second-order valence-electron chi connectivity index (χ2n) is 38.1. The summed E-state index contributed by atoms with van der Waals surface area (Å²) in [6.45, 7) is 28.4. The van der Waals surface area contributed by atoms with Crippen molar-refractivity contribution in [3.63, 3.8) is 0 Å². The van der Waals surface area contributed by atoms with Crippen LogP contribution in [0.15, 0.2) is 261 Å². The number of para-hydroxylation sites is 8. The lowest BCUT2D eigenvalue weighted by molar-refractivity contribution is -0.119. The molecule has 0 radical (unpaired) electrons. The van der Waals surface area contributed by atoms with E-state index in [1.54, 1.807) is 24.3 Å². The lowest BCUT2D eigenvalue weighted by Gasteiger charge is -2.26. The van der Waals surface area contributed by atoms with Gasteiger partial charge in [0.25, 0.3) is 11.8 Å². The number of amides is 6. The van der Waals surface area contributed by atoms with Crippen LogP contribution in [0.4, 0.5) is 56.9 Å². The normalized spacial score (nSPS) is 17.5. The minimum atomic E-state index is -0.258. The van der Waals surface area contributed by atoms with Gasteiger partial charge >= 0.3 is 0 Å². The molecule has 0 aliphatic carbocycles. The van der Waals surface area contributed by atoms with Crippen LogP contribution in [0.25, 0.3) is 72.4 Å². The van der Waals surface area contributed by atoms with Crippen molar-refractivity contribution in [2.75, 3.05) is 66.4 Å². The van der Waals surface area contributed by atoms with E-state index in [0.717, 1.165) is 113 Å². The molecule has 12 aromatic carbocycles. The van der Waals surface area contributed by atoms with Gasteiger partial charge in [0.1, 0.15) is 29.5 Å². The SMILES string of the molecule is CC(C)NC(=O)c1cccc(-c2cccc3c2N[C@H](C)CC(=O)C3)c1.CCn1c(-c2cccc3c2N[C@H](C)CC(=O)C3)cc2ccccc21.C[C@@H]1CC(=O)Nc2cccc(C(=O)Nc3cccc(OC4COC4)c3)c2N1.Cc1c(-c2cccc3c2O[C@H](C)CC(=O)N3)cnn1-c1ccccc1.Cc1cc(-c2cccc3c2N[C@H](C)CC(=O)N3)ccc1Cl.Cc1cc(C)cc(-c2cccc3c2N[C@H](C)CC(=O)N3)c1. The zero-order valence-corrected chi connectivity index (χ0v) is 83.7. The molecule has 143 heavy (non-hydrogen) atoms. The fraction of sp³-hybridized carbons (Fsp3) is 0.274. The molecule has 14 aromatic rings. The Hall–Kier alpha value is -15.6. The summed E-state index contributed by atoms with van der Waals surface area (Å²) in [6.07, 6.45) is 5.47. The average Bonchev–Trinajstić information content (AvgIpc) is 1.62. The summed E-state index contributed by atoms with van der Waals surface area (Å²) in [5.74, 6) is 1.62. The van der Waals surface area contributed by atoms with Crippen LogP contribution in [0.3, 0.4) is 0 Å². The van der Waals surface area contributed by atoms with Gasteiger partial charge in [-0.15, -0.1) is 0 Å². The standard InChI is InChI=1S/C21H24N2O2.C21H22N2O.C20H21N3O4.C20H19N3O2.C18H20N2O.C17H17ClN2O/c1-13(2)22-21(25)17-8-4-6-15(11-17)19-9-5-7-16-12-18(24)10-14(3)23-20(16)19;1-3-23-19-10-5-4-7-15(19)13-20(23)18-9-6-8-16-12-17(24)11-14(2)22-21(16)18;1-12-8-18(24)23-17-7-3-6-16(19(17)21-12)20(25)22-13-4-2-5-14(9-13)27-15-10-26-11-15;1-13-11-19(24)22-18-10-6-9-16(20(18)25-13)17-12-21-23(14(17)2)15-7-4-3-5-8-15;1-11-7-12(2)9-14(8-11)15-5-4-6-16-18(15)19-13(3)10-17(21)20-16;1-10-8-12(6-7-14(10)18)13-4-3-5-15-17(13)19-11(2)9-16(21)20-15/h4-9,11,13-14,23H,10,12H2,1-3H3,(H,22,25);4-10,13-14,22H,3,11-12H2,1-2H3;2-7,9,12,15,21H,8,10-11H2,1H3,(H,22,25)(H,23,24);3-10,12-13H,11H2,1-2H3,(H,22,24);4-9,13,19H,10H2,1-3H3,(H,20,21);3-8,11,19H,9H2,1-2H3,(H,20,21)/t2*14-;12-;2*13-;11-/m111111/s1. The number of carbonyl (C=O) groups is 8.